The minimum Gasteiger partial charge on any atom is -0.508 e. The van der Waals surface area contributed by atoms with E-state index in [0.717, 1.165) is 11.1 Å². The summed E-state index contributed by atoms with van der Waals surface area (Å²) in [6.07, 6.45) is 0. The zero-order valence-electron chi connectivity index (χ0n) is 13.0. The smallest absolute Gasteiger partial charge is 0.253 e. The molecule has 0 bridgehead atoms. The Labute approximate surface area is 131 Å². The lowest BCUT2D eigenvalue weighted by molar-refractivity contribution is 0.0773. The molecule has 0 aromatic heterocycles. The van der Waals surface area contributed by atoms with Gasteiger partial charge in [-0.25, -0.2) is 0 Å². The van der Waals surface area contributed by atoms with Crippen LogP contribution in [0.4, 0.5) is 0 Å². The molecule has 0 radical (unpaired) electrons. The van der Waals surface area contributed by atoms with Gasteiger partial charge in [-0.3, -0.25) is 4.79 Å². The van der Waals surface area contributed by atoms with Gasteiger partial charge in [-0.15, -0.1) is 0 Å². The molecular formula is C18H22N2O2. The molecule has 0 aliphatic carbocycles. The molecule has 4 nitrogen and oxygen atoms in total. The van der Waals surface area contributed by atoms with Crippen molar-refractivity contribution in [1.82, 2.24) is 4.90 Å². The molecule has 22 heavy (non-hydrogen) atoms. The van der Waals surface area contributed by atoms with E-state index in [9.17, 15) is 9.90 Å². The summed E-state index contributed by atoms with van der Waals surface area (Å²) in [5.74, 6) is 0.226. The van der Waals surface area contributed by atoms with Crippen molar-refractivity contribution in [1.29, 1.82) is 0 Å². The first-order valence-corrected chi connectivity index (χ1v) is 7.50. The van der Waals surface area contributed by atoms with Crippen molar-refractivity contribution in [3.05, 3.63) is 65.2 Å². The summed E-state index contributed by atoms with van der Waals surface area (Å²) in [5.41, 5.74) is 8.62. The molecule has 0 aliphatic heterocycles. The molecule has 0 aliphatic rings. The van der Waals surface area contributed by atoms with Crippen LogP contribution in [0.25, 0.3) is 0 Å². The Bertz CT molecular complexity index is 634. The zero-order chi connectivity index (χ0) is 16.1. The summed E-state index contributed by atoms with van der Waals surface area (Å²) in [5, 5.41) is 9.54. The molecule has 4 heteroatoms. The van der Waals surface area contributed by atoms with Gasteiger partial charge in [0.25, 0.3) is 5.91 Å². The highest BCUT2D eigenvalue weighted by molar-refractivity contribution is 5.94. The molecule has 2 aromatic carbocycles. The number of nitrogens with zero attached hydrogens (tertiary/aromatic N) is 1. The molecule has 2 rings (SSSR count). The Kier molecular flexibility index (Phi) is 5.17. The van der Waals surface area contributed by atoms with E-state index in [1.165, 1.54) is 0 Å². The van der Waals surface area contributed by atoms with Crippen LogP contribution < -0.4 is 5.73 Å². The minimum absolute atomic E-state index is 0.0301. The second-order valence-corrected chi connectivity index (χ2v) is 5.17. The van der Waals surface area contributed by atoms with Crippen LogP contribution in [-0.4, -0.2) is 29.0 Å². The molecule has 1 amide bonds. The van der Waals surface area contributed by atoms with Gasteiger partial charge in [0.1, 0.15) is 5.75 Å². The highest BCUT2D eigenvalue weighted by Crippen LogP contribution is 2.23. The Hall–Kier alpha value is -2.33. The van der Waals surface area contributed by atoms with E-state index in [4.69, 9.17) is 5.73 Å². The van der Waals surface area contributed by atoms with Gasteiger partial charge in [-0.1, -0.05) is 24.3 Å². The van der Waals surface area contributed by atoms with E-state index in [-0.39, 0.29) is 17.7 Å². The fraction of sp³-hybridized carbons (Fsp3) is 0.278. The third kappa shape index (κ3) is 3.46. The predicted octanol–water partition coefficient (Wildman–Crippen LogP) is 2.92. The van der Waals surface area contributed by atoms with Crippen LogP contribution in [0.2, 0.25) is 0 Å². The van der Waals surface area contributed by atoms with Crippen molar-refractivity contribution >= 4 is 5.91 Å². The summed E-state index contributed by atoms with van der Waals surface area (Å²) in [4.78, 5) is 14.0. The van der Waals surface area contributed by atoms with E-state index < -0.39 is 0 Å². The normalized spacial score (nSPS) is 12.0. The van der Waals surface area contributed by atoms with Gasteiger partial charge >= 0.3 is 0 Å². The third-order valence-corrected chi connectivity index (χ3v) is 3.80. The molecule has 0 saturated carbocycles. The fourth-order valence-corrected chi connectivity index (χ4v) is 2.44. The van der Waals surface area contributed by atoms with Crippen molar-refractivity contribution in [2.24, 2.45) is 5.73 Å². The largest absolute Gasteiger partial charge is 0.508 e. The molecule has 3 N–H and O–H groups in total. The molecule has 0 unspecified atom stereocenters. The summed E-state index contributed by atoms with van der Waals surface area (Å²) >= 11 is 0. The van der Waals surface area contributed by atoms with E-state index >= 15 is 0 Å². The lowest BCUT2D eigenvalue weighted by Crippen LogP contribution is -2.30. The maximum Gasteiger partial charge on any atom is 0.253 e. The van der Waals surface area contributed by atoms with Crippen LogP contribution in [0, 0.1) is 0 Å². The molecule has 116 valence electrons. The SMILES string of the molecule is CCN(CC)C(=O)c1ccc([C@H](N)c2cccc(O)c2)cc1. The molecular weight excluding hydrogens is 276 g/mol. The van der Waals surface area contributed by atoms with E-state index in [1.54, 1.807) is 35.2 Å². The molecule has 0 fully saturated rings. The van der Waals surface area contributed by atoms with Gasteiger partial charge < -0.3 is 15.7 Å². The maximum absolute atomic E-state index is 12.3. The molecule has 0 spiro atoms. The predicted molar refractivity (Wildman–Crippen MR) is 87.8 cm³/mol. The number of phenolic OH excluding ortho intramolecular Hbond substituents is 1. The van der Waals surface area contributed by atoms with Gasteiger partial charge in [0.2, 0.25) is 0 Å². The molecule has 1 atom stereocenters. The number of aromatic hydroxyl groups is 1. The lowest BCUT2D eigenvalue weighted by atomic mass is 9.98. The van der Waals surface area contributed by atoms with Crippen LogP contribution in [0.15, 0.2) is 48.5 Å². The number of carbonyl (C=O) groups is 1. The van der Waals surface area contributed by atoms with Crippen molar-refractivity contribution in [2.75, 3.05) is 13.1 Å². The highest BCUT2D eigenvalue weighted by atomic mass is 16.3. The van der Waals surface area contributed by atoms with Gasteiger partial charge in [-0.2, -0.15) is 0 Å². The van der Waals surface area contributed by atoms with Crippen LogP contribution in [0.3, 0.4) is 0 Å². The van der Waals surface area contributed by atoms with Crippen molar-refractivity contribution in [3.8, 4) is 5.75 Å². The lowest BCUT2D eigenvalue weighted by Gasteiger charge is -2.19. The van der Waals surface area contributed by atoms with Gasteiger partial charge in [0.15, 0.2) is 0 Å². The fourth-order valence-electron chi connectivity index (χ4n) is 2.44. The zero-order valence-corrected chi connectivity index (χ0v) is 13.0. The average Bonchev–Trinajstić information content (AvgIpc) is 2.55. The van der Waals surface area contributed by atoms with Crippen molar-refractivity contribution < 1.29 is 9.90 Å². The number of carbonyl (C=O) groups excluding carboxylic acids is 1. The number of phenols is 1. The van der Waals surface area contributed by atoms with Gasteiger partial charge in [0, 0.05) is 18.7 Å². The first kappa shape index (κ1) is 16.0. The second-order valence-electron chi connectivity index (χ2n) is 5.17. The number of rotatable bonds is 5. The summed E-state index contributed by atoms with van der Waals surface area (Å²) in [7, 11) is 0. The summed E-state index contributed by atoms with van der Waals surface area (Å²) in [6, 6.07) is 13.9. The van der Waals surface area contributed by atoms with Crippen LogP contribution in [0.1, 0.15) is 41.4 Å². The molecule has 0 saturated heterocycles. The first-order valence-electron chi connectivity index (χ1n) is 7.50. The number of hydrogen-bond donors (Lipinski definition) is 2. The average molecular weight is 298 g/mol. The van der Waals surface area contributed by atoms with Crippen LogP contribution in [0.5, 0.6) is 5.75 Å². The highest BCUT2D eigenvalue weighted by Gasteiger charge is 2.14. The number of benzene rings is 2. The number of hydrogen-bond acceptors (Lipinski definition) is 3. The van der Waals surface area contributed by atoms with E-state index in [1.807, 2.05) is 32.0 Å². The Morgan fingerprint density at radius 2 is 1.73 bits per heavy atom. The van der Waals surface area contributed by atoms with Crippen LogP contribution >= 0.6 is 0 Å². The Morgan fingerprint density at radius 3 is 2.27 bits per heavy atom. The Morgan fingerprint density at radius 1 is 1.09 bits per heavy atom. The van der Waals surface area contributed by atoms with Crippen molar-refractivity contribution in [2.45, 2.75) is 19.9 Å². The standard InChI is InChI=1S/C18H22N2O2/c1-3-20(4-2)18(22)14-10-8-13(9-11-14)17(19)15-6-5-7-16(21)12-15/h5-12,17,21H,3-4,19H2,1-2H3/t17-/m0/s1. The van der Waals surface area contributed by atoms with Crippen molar-refractivity contribution in [3.63, 3.8) is 0 Å². The second kappa shape index (κ2) is 7.09. The van der Waals surface area contributed by atoms with E-state index in [0.29, 0.717) is 18.7 Å². The molecule has 2 aromatic rings. The van der Waals surface area contributed by atoms with Gasteiger partial charge in [-0.05, 0) is 49.2 Å². The summed E-state index contributed by atoms with van der Waals surface area (Å²) in [6.45, 7) is 5.32. The quantitative estimate of drug-likeness (QED) is 0.892. The topological polar surface area (TPSA) is 66.6 Å². The third-order valence-electron chi connectivity index (χ3n) is 3.80. The molecule has 0 heterocycles. The maximum atomic E-state index is 12.3. The van der Waals surface area contributed by atoms with E-state index in [2.05, 4.69) is 0 Å². The minimum atomic E-state index is -0.329. The summed E-state index contributed by atoms with van der Waals surface area (Å²) < 4.78 is 0. The first-order chi connectivity index (χ1) is 10.6. The Balaban J connectivity index is 2.20. The van der Waals surface area contributed by atoms with Gasteiger partial charge in [0.05, 0.1) is 6.04 Å². The monoisotopic (exact) mass is 298 g/mol. The number of amides is 1. The number of nitrogens with two attached hydrogens (primary N) is 1. The van der Waals surface area contributed by atoms with Crippen LogP contribution in [-0.2, 0) is 0 Å².